The molecule has 0 amide bonds. The van der Waals surface area contributed by atoms with E-state index in [1.807, 2.05) is 12.4 Å². The van der Waals surface area contributed by atoms with Crippen molar-refractivity contribution >= 4 is 16.9 Å². The van der Waals surface area contributed by atoms with Gasteiger partial charge in [-0.25, -0.2) is 0 Å². The average molecular weight is 213 g/mol. The third-order valence-electron chi connectivity index (χ3n) is 2.21. The second-order valence-electron chi connectivity index (χ2n) is 3.46. The van der Waals surface area contributed by atoms with Gasteiger partial charge >= 0.3 is 0 Å². The van der Waals surface area contributed by atoms with E-state index in [0.717, 1.165) is 19.4 Å². The van der Waals surface area contributed by atoms with Crippen LogP contribution in [0.1, 0.15) is 19.8 Å². The first-order valence-electron chi connectivity index (χ1n) is 4.58. The zero-order valence-corrected chi connectivity index (χ0v) is 9.36. The first-order valence-corrected chi connectivity index (χ1v) is 5.80. The molecule has 1 heterocycles. The van der Waals surface area contributed by atoms with E-state index in [1.165, 1.54) is 11.8 Å². The summed E-state index contributed by atoms with van der Waals surface area (Å²) in [5.74, 6) is 0. The van der Waals surface area contributed by atoms with Gasteiger partial charge in [-0.05, 0) is 26.0 Å². The number of hydrogen-bond donors (Lipinski definition) is 1. The van der Waals surface area contributed by atoms with Crippen LogP contribution in [0, 0.1) is 11.5 Å². The number of aliphatic imine (C=N–C) groups is 1. The third-order valence-corrected chi connectivity index (χ3v) is 2.83. The maximum absolute atomic E-state index is 8.44. The Morgan fingerprint density at radius 3 is 3.07 bits per heavy atom. The molecule has 1 aliphatic heterocycles. The number of hydrogen-bond acceptors (Lipinski definition) is 4. The molecule has 0 aromatic rings. The highest BCUT2D eigenvalue weighted by Crippen LogP contribution is 2.25. The summed E-state index contributed by atoms with van der Waals surface area (Å²) in [6.45, 7) is 3.51. The van der Waals surface area contributed by atoms with Crippen LogP contribution in [-0.2, 0) is 4.74 Å². The van der Waals surface area contributed by atoms with E-state index in [9.17, 15) is 0 Å². The predicted molar refractivity (Wildman–Crippen MR) is 58.2 cm³/mol. The Balaban J connectivity index is 2.47. The molecule has 78 valence electrons. The molecule has 1 atom stereocenters. The highest BCUT2D eigenvalue weighted by atomic mass is 32.2. The molecule has 1 N–H and O–H groups in total. The lowest BCUT2D eigenvalue weighted by atomic mass is 10.0. The van der Waals surface area contributed by atoms with Gasteiger partial charge in [-0.15, -0.1) is 0 Å². The fraction of sp³-hybridized carbons (Fsp3) is 0.778. The Hall–Kier alpha value is -0.730. The second-order valence-corrected chi connectivity index (χ2v) is 4.26. The zero-order chi connectivity index (χ0) is 10.4. The van der Waals surface area contributed by atoms with Crippen molar-refractivity contribution in [2.45, 2.75) is 25.4 Å². The first-order chi connectivity index (χ1) is 6.70. The van der Waals surface area contributed by atoms with Crippen LogP contribution in [0.3, 0.4) is 0 Å². The van der Waals surface area contributed by atoms with Crippen molar-refractivity contribution in [1.82, 2.24) is 5.32 Å². The minimum Gasteiger partial charge on any atom is -0.373 e. The molecule has 1 fully saturated rings. The SMILES string of the molecule is CSC(=NCC1(C)CCCO1)NC#N. The molecule has 1 saturated heterocycles. The number of rotatable bonds is 2. The summed E-state index contributed by atoms with van der Waals surface area (Å²) in [7, 11) is 0. The topological polar surface area (TPSA) is 57.4 Å². The monoisotopic (exact) mass is 213 g/mol. The Kier molecular flexibility index (Phi) is 4.23. The molecule has 0 aromatic heterocycles. The summed E-state index contributed by atoms with van der Waals surface area (Å²) in [4.78, 5) is 4.31. The van der Waals surface area contributed by atoms with Gasteiger partial charge in [0.2, 0.25) is 0 Å². The smallest absolute Gasteiger partial charge is 0.183 e. The van der Waals surface area contributed by atoms with Gasteiger partial charge < -0.3 is 4.74 Å². The molecule has 0 spiro atoms. The minimum atomic E-state index is -0.127. The quantitative estimate of drug-likeness (QED) is 0.325. The fourth-order valence-corrected chi connectivity index (χ4v) is 1.74. The molecular formula is C9H15N3OS. The summed E-state index contributed by atoms with van der Waals surface area (Å²) >= 11 is 1.44. The minimum absolute atomic E-state index is 0.127. The maximum atomic E-state index is 8.44. The van der Waals surface area contributed by atoms with Crippen LogP contribution in [0.4, 0.5) is 0 Å². The molecule has 1 unspecified atom stereocenters. The Labute approximate surface area is 88.7 Å². The van der Waals surface area contributed by atoms with E-state index in [-0.39, 0.29) is 5.60 Å². The molecule has 5 heteroatoms. The van der Waals surface area contributed by atoms with Crippen molar-refractivity contribution in [3.63, 3.8) is 0 Å². The van der Waals surface area contributed by atoms with E-state index in [2.05, 4.69) is 17.2 Å². The van der Waals surface area contributed by atoms with Crippen molar-refractivity contribution in [3.8, 4) is 6.19 Å². The highest BCUT2D eigenvalue weighted by Gasteiger charge is 2.29. The first kappa shape index (κ1) is 11.3. The fourth-order valence-electron chi connectivity index (χ4n) is 1.40. The molecular weight excluding hydrogens is 198 g/mol. The molecule has 0 aliphatic carbocycles. The normalized spacial score (nSPS) is 27.4. The van der Waals surface area contributed by atoms with Crippen LogP contribution >= 0.6 is 11.8 Å². The number of ether oxygens (including phenoxy) is 1. The largest absolute Gasteiger partial charge is 0.373 e. The molecule has 0 radical (unpaired) electrons. The number of nitrogens with zero attached hydrogens (tertiary/aromatic N) is 2. The van der Waals surface area contributed by atoms with E-state index in [4.69, 9.17) is 10.00 Å². The van der Waals surface area contributed by atoms with Crippen molar-refractivity contribution in [2.75, 3.05) is 19.4 Å². The number of thioether (sulfide) groups is 1. The Morgan fingerprint density at radius 2 is 2.57 bits per heavy atom. The van der Waals surface area contributed by atoms with Crippen LogP contribution in [0.5, 0.6) is 0 Å². The summed E-state index contributed by atoms with van der Waals surface area (Å²) in [6.07, 6.45) is 5.90. The van der Waals surface area contributed by atoms with Gasteiger partial charge in [-0.1, -0.05) is 11.8 Å². The summed E-state index contributed by atoms with van der Waals surface area (Å²) in [5.41, 5.74) is -0.127. The lowest BCUT2D eigenvalue weighted by Gasteiger charge is -2.20. The zero-order valence-electron chi connectivity index (χ0n) is 8.54. The van der Waals surface area contributed by atoms with Crippen molar-refractivity contribution < 1.29 is 4.74 Å². The molecule has 1 aliphatic rings. The molecule has 0 saturated carbocycles. The second kappa shape index (κ2) is 5.23. The molecule has 0 aromatic carbocycles. The van der Waals surface area contributed by atoms with E-state index in [0.29, 0.717) is 11.7 Å². The van der Waals surface area contributed by atoms with Gasteiger partial charge in [0.25, 0.3) is 0 Å². The van der Waals surface area contributed by atoms with E-state index in [1.54, 1.807) is 0 Å². The maximum Gasteiger partial charge on any atom is 0.183 e. The summed E-state index contributed by atoms with van der Waals surface area (Å²) in [5, 5.41) is 11.6. The van der Waals surface area contributed by atoms with E-state index < -0.39 is 0 Å². The lowest BCUT2D eigenvalue weighted by molar-refractivity contribution is 0.0285. The van der Waals surface area contributed by atoms with E-state index >= 15 is 0 Å². The molecule has 1 rings (SSSR count). The summed E-state index contributed by atoms with van der Waals surface area (Å²) < 4.78 is 5.59. The highest BCUT2D eigenvalue weighted by molar-refractivity contribution is 8.13. The van der Waals surface area contributed by atoms with Gasteiger partial charge in [0, 0.05) is 6.61 Å². The average Bonchev–Trinajstić information content (AvgIpc) is 2.60. The standard InChI is InChI=1S/C9H15N3OS/c1-9(4-3-5-13-9)6-11-8(14-2)12-7-10/h3-6H2,1-2H3,(H,11,12). The van der Waals surface area contributed by atoms with Gasteiger partial charge in [0.05, 0.1) is 12.1 Å². The number of nitrogens with one attached hydrogen (secondary N) is 1. The van der Waals surface area contributed by atoms with Crippen LogP contribution in [0.25, 0.3) is 0 Å². The van der Waals surface area contributed by atoms with Gasteiger partial charge in [0.15, 0.2) is 11.4 Å². The number of amidine groups is 1. The number of nitriles is 1. The van der Waals surface area contributed by atoms with Crippen LogP contribution in [0.15, 0.2) is 4.99 Å². The van der Waals surface area contributed by atoms with Crippen LogP contribution < -0.4 is 5.32 Å². The van der Waals surface area contributed by atoms with Crippen molar-refractivity contribution in [1.29, 1.82) is 5.26 Å². The van der Waals surface area contributed by atoms with Crippen molar-refractivity contribution in [2.24, 2.45) is 4.99 Å². The third kappa shape index (κ3) is 3.20. The van der Waals surface area contributed by atoms with Gasteiger partial charge in [0.1, 0.15) is 0 Å². The lowest BCUT2D eigenvalue weighted by Crippen LogP contribution is -2.28. The molecule has 0 bridgehead atoms. The molecule has 14 heavy (non-hydrogen) atoms. The van der Waals surface area contributed by atoms with Gasteiger partial charge in [-0.3, -0.25) is 10.3 Å². The summed E-state index contributed by atoms with van der Waals surface area (Å²) in [6, 6.07) is 0. The van der Waals surface area contributed by atoms with Crippen molar-refractivity contribution in [3.05, 3.63) is 0 Å². The molecule has 4 nitrogen and oxygen atoms in total. The Morgan fingerprint density at radius 1 is 1.79 bits per heavy atom. The predicted octanol–water partition coefficient (Wildman–Crippen LogP) is 1.35. The van der Waals surface area contributed by atoms with Crippen LogP contribution in [0.2, 0.25) is 0 Å². The van der Waals surface area contributed by atoms with Crippen LogP contribution in [-0.4, -0.2) is 30.2 Å². The van der Waals surface area contributed by atoms with Gasteiger partial charge in [-0.2, -0.15) is 5.26 Å². The Bertz CT molecular complexity index is 253.